The van der Waals surface area contributed by atoms with E-state index in [1.165, 1.54) is 7.11 Å². The molecular weight excluding hydrogens is 320 g/mol. The van der Waals surface area contributed by atoms with Gasteiger partial charge < -0.3 is 20.1 Å². The van der Waals surface area contributed by atoms with E-state index in [0.29, 0.717) is 18.7 Å². The lowest BCUT2D eigenvalue weighted by Gasteiger charge is -2.12. The van der Waals surface area contributed by atoms with Crippen LogP contribution in [0.1, 0.15) is 15.9 Å². The summed E-state index contributed by atoms with van der Waals surface area (Å²) in [6.07, 6.45) is 0. The molecule has 132 valence electrons. The van der Waals surface area contributed by atoms with Crippen molar-refractivity contribution in [1.82, 2.24) is 5.32 Å². The van der Waals surface area contributed by atoms with Gasteiger partial charge in [0.1, 0.15) is 12.4 Å². The highest BCUT2D eigenvalue weighted by Crippen LogP contribution is 2.19. The van der Waals surface area contributed by atoms with E-state index in [1.807, 2.05) is 36.4 Å². The zero-order valence-corrected chi connectivity index (χ0v) is 14.4. The SMILES string of the molecule is COC(=O)c1cccc(NCC(=O)NCCOc2ccccc2)c1C. The van der Waals surface area contributed by atoms with Crippen molar-refractivity contribution in [2.24, 2.45) is 0 Å². The monoisotopic (exact) mass is 342 g/mol. The molecule has 6 heteroatoms. The lowest BCUT2D eigenvalue weighted by Crippen LogP contribution is -2.33. The van der Waals surface area contributed by atoms with Gasteiger partial charge in [0.2, 0.25) is 5.91 Å². The fourth-order valence-corrected chi connectivity index (χ4v) is 2.27. The molecular formula is C19H22N2O4. The zero-order chi connectivity index (χ0) is 18.1. The van der Waals surface area contributed by atoms with E-state index >= 15 is 0 Å². The van der Waals surface area contributed by atoms with Crippen molar-refractivity contribution in [3.63, 3.8) is 0 Å². The Morgan fingerprint density at radius 2 is 1.80 bits per heavy atom. The van der Waals surface area contributed by atoms with E-state index < -0.39 is 5.97 Å². The van der Waals surface area contributed by atoms with Gasteiger partial charge in [-0.1, -0.05) is 24.3 Å². The lowest BCUT2D eigenvalue weighted by molar-refractivity contribution is -0.119. The van der Waals surface area contributed by atoms with Gasteiger partial charge in [-0.15, -0.1) is 0 Å². The van der Waals surface area contributed by atoms with Crippen LogP contribution in [0.4, 0.5) is 5.69 Å². The molecule has 0 heterocycles. The van der Waals surface area contributed by atoms with Crippen LogP contribution >= 0.6 is 0 Å². The fraction of sp³-hybridized carbons (Fsp3) is 0.263. The van der Waals surface area contributed by atoms with E-state index in [4.69, 9.17) is 9.47 Å². The second kappa shape index (κ2) is 9.32. The van der Waals surface area contributed by atoms with Gasteiger partial charge in [-0.25, -0.2) is 4.79 Å². The molecule has 1 amide bonds. The molecule has 0 atom stereocenters. The topological polar surface area (TPSA) is 76.7 Å². The zero-order valence-electron chi connectivity index (χ0n) is 14.4. The van der Waals surface area contributed by atoms with Crippen LogP contribution in [0.2, 0.25) is 0 Å². The molecule has 0 fully saturated rings. The van der Waals surface area contributed by atoms with E-state index in [0.717, 1.165) is 17.0 Å². The van der Waals surface area contributed by atoms with Crippen molar-refractivity contribution >= 4 is 17.6 Å². The molecule has 0 bridgehead atoms. The molecule has 0 radical (unpaired) electrons. The molecule has 0 aliphatic heterocycles. The molecule has 2 aromatic rings. The van der Waals surface area contributed by atoms with Crippen LogP contribution in [0.25, 0.3) is 0 Å². The second-order valence-corrected chi connectivity index (χ2v) is 5.33. The number of anilines is 1. The Hall–Kier alpha value is -3.02. The number of carbonyl (C=O) groups excluding carboxylic acids is 2. The summed E-state index contributed by atoms with van der Waals surface area (Å²) in [7, 11) is 1.34. The summed E-state index contributed by atoms with van der Waals surface area (Å²) in [5, 5.41) is 5.80. The molecule has 0 aromatic heterocycles. The molecule has 0 spiro atoms. The third-order valence-electron chi connectivity index (χ3n) is 3.61. The Morgan fingerprint density at radius 1 is 1.04 bits per heavy atom. The summed E-state index contributed by atoms with van der Waals surface area (Å²) < 4.78 is 10.2. The van der Waals surface area contributed by atoms with Crippen LogP contribution in [-0.2, 0) is 9.53 Å². The van der Waals surface area contributed by atoms with E-state index in [9.17, 15) is 9.59 Å². The number of nitrogens with one attached hydrogen (secondary N) is 2. The molecule has 2 aromatic carbocycles. The predicted octanol–water partition coefficient (Wildman–Crippen LogP) is 2.39. The Balaban J connectivity index is 1.75. The maximum Gasteiger partial charge on any atom is 0.338 e. The van der Waals surface area contributed by atoms with Gasteiger partial charge in [-0.3, -0.25) is 4.79 Å². The first kappa shape index (κ1) is 18.3. The molecule has 0 aliphatic rings. The van der Waals surface area contributed by atoms with Crippen molar-refractivity contribution in [3.8, 4) is 5.75 Å². The van der Waals surface area contributed by atoms with E-state index in [1.54, 1.807) is 19.1 Å². The highest BCUT2D eigenvalue weighted by molar-refractivity contribution is 5.93. The highest BCUT2D eigenvalue weighted by Gasteiger charge is 2.12. The van der Waals surface area contributed by atoms with Gasteiger partial charge in [0.15, 0.2) is 0 Å². The Morgan fingerprint density at radius 3 is 2.52 bits per heavy atom. The number of ether oxygens (including phenoxy) is 2. The van der Waals surface area contributed by atoms with E-state index in [2.05, 4.69) is 10.6 Å². The summed E-state index contributed by atoms with van der Waals surface area (Å²) in [4.78, 5) is 23.6. The smallest absolute Gasteiger partial charge is 0.338 e. The molecule has 6 nitrogen and oxygen atoms in total. The van der Waals surface area contributed by atoms with Gasteiger partial charge in [-0.2, -0.15) is 0 Å². The molecule has 0 aliphatic carbocycles. The van der Waals surface area contributed by atoms with Gasteiger partial charge in [-0.05, 0) is 36.8 Å². The summed E-state index contributed by atoms with van der Waals surface area (Å²) in [6, 6.07) is 14.7. The quantitative estimate of drug-likeness (QED) is 0.569. The van der Waals surface area contributed by atoms with Crippen LogP contribution in [0.3, 0.4) is 0 Å². The lowest BCUT2D eigenvalue weighted by atomic mass is 10.1. The van der Waals surface area contributed by atoms with Gasteiger partial charge >= 0.3 is 5.97 Å². The minimum absolute atomic E-state index is 0.108. The first-order chi connectivity index (χ1) is 12.1. The van der Waals surface area contributed by atoms with Crippen molar-refractivity contribution in [2.45, 2.75) is 6.92 Å². The van der Waals surface area contributed by atoms with Crippen molar-refractivity contribution in [1.29, 1.82) is 0 Å². The molecule has 25 heavy (non-hydrogen) atoms. The first-order valence-corrected chi connectivity index (χ1v) is 7.98. The Labute approximate surface area is 147 Å². The Kier molecular flexibility index (Phi) is 6.83. The number of benzene rings is 2. The maximum absolute atomic E-state index is 11.9. The third kappa shape index (κ3) is 5.53. The number of rotatable bonds is 8. The van der Waals surface area contributed by atoms with Crippen molar-refractivity contribution in [2.75, 3.05) is 32.1 Å². The number of carbonyl (C=O) groups is 2. The number of esters is 1. The minimum Gasteiger partial charge on any atom is -0.492 e. The normalized spacial score (nSPS) is 10.0. The average molecular weight is 342 g/mol. The van der Waals surface area contributed by atoms with E-state index in [-0.39, 0.29) is 12.5 Å². The van der Waals surface area contributed by atoms with Crippen LogP contribution in [0, 0.1) is 6.92 Å². The van der Waals surface area contributed by atoms with Gasteiger partial charge in [0, 0.05) is 5.69 Å². The average Bonchev–Trinajstić information content (AvgIpc) is 2.64. The van der Waals surface area contributed by atoms with Crippen molar-refractivity contribution in [3.05, 3.63) is 59.7 Å². The number of para-hydroxylation sites is 1. The predicted molar refractivity (Wildman–Crippen MR) is 96.0 cm³/mol. The molecule has 0 saturated heterocycles. The highest BCUT2D eigenvalue weighted by atomic mass is 16.5. The van der Waals surface area contributed by atoms with Gasteiger partial charge in [0.25, 0.3) is 0 Å². The second-order valence-electron chi connectivity index (χ2n) is 5.33. The summed E-state index contributed by atoms with van der Waals surface area (Å²) in [5.74, 6) is 0.216. The molecule has 0 unspecified atom stereocenters. The minimum atomic E-state index is -0.399. The van der Waals surface area contributed by atoms with Crippen LogP contribution in [0.15, 0.2) is 48.5 Å². The summed E-state index contributed by atoms with van der Waals surface area (Å²) in [6.45, 7) is 2.72. The maximum atomic E-state index is 11.9. The number of amides is 1. The first-order valence-electron chi connectivity index (χ1n) is 7.98. The number of hydrogen-bond acceptors (Lipinski definition) is 5. The number of methoxy groups -OCH3 is 1. The Bertz CT molecular complexity index is 717. The standard InChI is InChI=1S/C19H22N2O4/c1-14-16(19(23)24-2)9-6-10-17(14)21-13-18(22)20-11-12-25-15-7-4-3-5-8-15/h3-10,21H,11-13H2,1-2H3,(H,20,22). The van der Waals surface area contributed by atoms with Crippen LogP contribution in [-0.4, -0.2) is 38.7 Å². The largest absolute Gasteiger partial charge is 0.492 e. The van der Waals surface area contributed by atoms with Gasteiger partial charge in [0.05, 0.1) is 25.8 Å². The molecule has 2 rings (SSSR count). The molecule has 0 saturated carbocycles. The summed E-state index contributed by atoms with van der Waals surface area (Å²) in [5.41, 5.74) is 1.94. The van der Waals surface area contributed by atoms with Crippen LogP contribution in [0.5, 0.6) is 5.75 Å². The summed E-state index contributed by atoms with van der Waals surface area (Å²) >= 11 is 0. The van der Waals surface area contributed by atoms with Crippen molar-refractivity contribution < 1.29 is 19.1 Å². The molecule has 2 N–H and O–H groups in total. The fourth-order valence-electron chi connectivity index (χ4n) is 2.27. The third-order valence-corrected chi connectivity index (χ3v) is 3.61. The number of hydrogen-bond donors (Lipinski definition) is 2. The van der Waals surface area contributed by atoms with Crippen LogP contribution < -0.4 is 15.4 Å².